The Hall–Kier alpha value is -1.95. The monoisotopic (exact) mass is 261 g/mol. The van der Waals surface area contributed by atoms with Crippen molar-refractivity contribution >= 4 is 16.9 Å². The average molecular weight is 261 g/mol. The van der Waals surface area contributed by atoms with E-state index in [1.54, 1.807) is 25.3 Å². The second kappa shape index (κ2) is 4.97. The number of amides is 1. The van der Waals surface area contributed by atoms with E-state index in [1.807, 2.05) is 4.90 Å². The molecule has 6 heteroatoms. The molecule has 6 nitrogen and oxygen atoms in total. The van der Waals surface area contributed by atoms with Crippen molar-refractivity contribution in [2.45, 2.75) is 18.9 Å². The Morgan fingerprint density at radius 3 is 3.16 bits per heavy atom. The number of hydrogen-bond donors (Lipinski definition) is 0. The first-order valence-corrected chi connectivity index (χ1v) is 6.32. The summed E-state index contributed by atoms with van der Waals surface area (Å²) in [6, 6.07) is 5.40. The zero-order chi connectivity index (χ0) is 13.2. The third-order valence-corrected chi connectivity index (χ3v) is 3.50. The summed E-state index contributed by atoms with van der Waals surface area (Å²) < 4.78 is 9.81. The number of ether oxygens (including phenoxy) is 1. The lowest BCUT2D eigenvalue weighted by atomic mass is 10.1. The molecule has 1 fully saturated rings. The predicted octanol–water partition coefficient (Wildman–Crippen LogP) is 1.47. The van der Waals surface area contributed by atoms with Crippen LogP contribution in [-0.4, -0.2) is 47.4 Å². The zero-order valence-electron chi connectivity index (χ0n) is 10.7. The number of carbonyl (C=O) groups excluding carboxylic acids is 1. The van der Waals surface area contributed by atoms with Crippen molar-refractivity contribution < 1.29 is 14.2 Å². The van der Waals surface area contributed by atoms with Crippen LogP contribution in [0.5, 0.6) is 0 Å². The van der Waals surface area contributed by atoms with Gasteiger partial charge in [-0.05, 0) is 41.4 Å². The molecule has 1 aromatic heterocycles. The van der Waals surface area contributed by atoms with Gasteiger partial charge in [-0.3, -0.25) is 4.79 Å². The second-order valence-corrected chi connectivity index (χ2v) is 4.72. The van der Waals surface area contributed by atoms with E-state index in [0.717, 1.165) is 19.4 Å². The maximum Gasteiger partial charge on any atom is 0.254 e. The molecule has 100 valence electrons. The van der Waals surface area contributed by atoms with Gasteiger partial charge in [0.15, 0.2) is 0 Å². The van der Waals surface area contributed by atoms with Crippen LogP contribution in [0.1, 0.15) is 23.2 Å². The van der Waals surface area contributed by atoms with Gasteiger partial charge in [-0.2, -0.15) is 0 Å². The van der Waals surface area contributed by atoms with E-state index in [9.17, 15) is 4.79 Å². The molecule has 0 aliphatic carbocycles. The SMILES string of the molecule is COCC1CCCN1C(=O)c1ccc2nonc2c1. The van der Waals surface area contributed by atoms with Crippen LogP contribution in [0.2, 0.25) is 0 Å². The highest BCUT2D eigenvalue weighted by Gasteiger charge is 2.29. The number of carbonyl (C=O) groups is 1. The lowest BCUT2D eigenvalue weighted by Crippen LogP contribution is -2.38. The molecule has 1 aliphatic heterocycles. The van der Waals surface area contributed by atoms with Crippen LogP contribution in [-0.2, 0) is 4.74 Å². The van der Waals surface area contributed by atoms with Crippen LogP contribution < -0.4 is 0 Å². The van der Waals surface area contributed by atoms with Crippen molar-refractivity contribution in [1.29, 1.82) is 0 Å². The summed E-state index contributed by atoms with van der Waals surface area (Å²) in [4.78, 5) is 14.4. The van der Waals surface area contributed by atoms with Gasteiger partial charge in [0.2, 0.25) is 0 Å². The van der Waals surface area contributed by atoms with E-state index in [4.69, 9.17) is 4.74 Å². The smallest absolute Gasteiger partial charge is 0.254 e. The summed E-state index contributed by atoms with van der Waals surface area (Å²) in [5.41, 5.74) is 1.88. The normalized spacial score (nSPS) is 19.2. The van der Waals surface area contributed by atoms with Gasteiger partial charge in [0.1, 0.15) is 11.0 Å². The number of likely N-dealkylation sites (tertiary alicyclic amines) is 1. The average Bonchev–Trinajstić information content (AvgIpc) is 3.05. The van der Waals surface area contributed by atoms with Gasteiger partial charge >= 0.3 is 0 Å². The molecule has 2 aromatic rings. The Kier molecular flexibility index (Phi) is 3.16. The molecule has 0 saturated carbocycles. The number of fused-ring (bicyclic) bond motifs is 1. The van der Waals surface area contributed by atoms with E-state index in [0.29, 0.717) is 23.2 Å². The Morgan fingerprint density at radius 1 is 1.47 bits per heavy atom. The molecule has 0 radical (unpaired) electrons. The molecular weight excluding hydrogens is 246 g/mol. The lowest BCUT2D eigenvalue weighted by molar-refractivity contribution is 0.0631. The number of benzene rings is 1. The highest BCUT2D eigenvalue weighted by molar-refractivity contribution is 5.97. The van der Waals surface area contributed by atoms with Gasteiger partial charge in [-0.15, -0.1) is 0 Å². The quantitative estimate of drug-likeness (QED) is 0.837. The summed E-state index contributed by atoms with van der Waals surface area (Å²) in [5.74, 6) is 0.0180. The molecule has 0 N–H and O–H groups in total. The fraction of sp³-hybridized carbons (Fsp3) is 0.462. The van der Waals surface area contributed by atoms with Gasteiger partial charge in [0.25, 0.3) is 5.91 Å². The van der Waals surface area contributed by atoms with Crippen LogP contribution in [0.3, 0.4) is 0 Å². The molecule has 1 aromatic carbocycles. The molecule has 1 saturated heterocycles. The maximum atomic E-state index is 12.5. The Balaban J connectivity index is 1.86. The summed E-state index contributed by atoms with van der Waals surface area (Å²) in [6.45, 7) is 1.36. The van der Waals surface area contributed by atoms with E-state index in [2.05, 4.69) is 14.9 Å². The lowest BCUT2D eigenvalue weighted by Gasteiger charge is -2.24. The summed E-state index contributed by atoms with van der Waals surface area (Å²) >= 11 is 0. The first-order chi connectivity index (χ1) is 9.29. The third kappa shape index (κ3) is 2.19. The molecule has 1 amide bonds. The Bertz CT molecular complexity index is 596. The molecular formula is C13H15N3O3. The minimum Gasteiger partial charge on any atom is -0.383 e. The van der Waals surface area contributed by atoms with E-state index in [1.165, 1.54) is 0 Å². The third-order valence-electron chi connectivity index (χ3n) is 3.50. The fourth-order valence-electron chi connectivity index (χ4n) is 2.55. The van der Waals surface area contributed by atoms with Crippen molar-refractivity contribution in [3.63, 3.8) is 0 Å². The first-order valence-electron chi connectivity index (χ1n) is 6.32. The molecule has 1 aliphatic rings. The van der Waals surface area contributed by atoms with Crippen LogP contribution in [0.4, 0.5) is 0 Å². The van der Waals surface area contributed by atoms with Crippen LogP contribution >= 0.6 is 0 Å². The fourth-order valence-corrected chi connectivity index (χ4v) is 2.55. The van der Waals surface area contributed by atoms with Crippen molar-refractivity contribution in [3.05, 3.63) is 23.8 Å². The maximum absolute atomic E-state index is 12.5. The van der Waals surface area contributed by atoms with Crippen molar-refractivity contribution in [2.75, 3.05) is 20.3 Å². The van der Waals surface area contributed by atoms with Gasteiger partial charge in [0, 0.05) is 19.2 Å². The van der Waals surface area contributed by atoms with Crippen LogP contribution in [0, 0.1) is 0 Å². The van der Waals surface area contributed by atoms with Gasteiger partial charge in [0.05, 0.1) is 12.6 Å². The molecule has 1 unspecified atom stereocenters. The number of aromatic nitrogens is 2. The number of methoxy groups -OCH3 is 1. The predicted molar refractivity (Wildman–Crippen MR) is 67.7 cm³/mol. The van der Waals surface area contributed by atoms with Crippen LogP contribution in [0.15, 0.2) is 22.8 Å². The largest absolute Gasteiger partial charge is 0.383 e. The summed E-state index contributed by atoms with van der Waals surface area (Å²) in [6.07, 6.45) is 2.01. The van der Waals surface area contributed by atoms with Crippen molar-refractivity contribution in [2.24, 2.45) is 0 Å². The molecule has 2 heterocycles. The first kappa shape index (κ1) is 12.1. The standard InChI is InChI=1S/C13H15N3O3/c1-18-8-10-3-2-6-16(10)13(17)9-4-5-11-12(7-9)15-19-14-11/h4-5,7,10H,2-3,6,8H2,1H3. The van der Waals surface area contributed by atoms with Crippen molar-refractivity contribution in [1.82, 2.24) is 15.2 Å². The minimum absolute atomic E-state index is 0.0180. The Labute approximate surface area is 110 Å². The number of nitrogens with zero attached hydrogens (tertiary/aromatic N) is 3. The molecule has 0 spiro atoms. The van der Waals surface area contributed by atoms with E-state index < -0.39 is 0 Å². The zero-order valence-corrected chi connectivity index (χ0v) is 10.7. The molecule has 19 heavy (non-hydrogen) atoms. The highest BCUT2D eigenvalue weighted by atomic mass is 16.6. The molecule has 0 bridgehead atoms. The van der Waals surface area contributed by atoms with Crippen LogP contribution in [0.25, 0.3) is 11.0 Å². The Morgan fingerprint density at radius 2 is 2.32 bits per heavy atom. The second-order valence-electron chi connectivity index (χ2n) is 4.72. The number of hydrogen-bond acceptors (Lipinski definition) is 5. The van der Waals surface area contributed by atoms with E-state index in [-0.39, 0.29) is 11.9 Å². The minimum atomic E-state index is 0.0180. The topological polar surface area (TPSA) is 68.5 Å². The van der Waals surface area contributed by atoms with E-state index >= 15 is 0 Å². The van der Waals surface area contributed by atoms with Gasteiger partial charge in [-0.1, -0.05) is 0 Å². The molecule has 3 rings (SSSR count). The summed E-state index contributed by atoms with van der Waals surface area (Å²) in [7, 11) is 1.66. The summed E-state index contributed by atoms with van der Waals surface area (Å²) in [5, 5.41) is 7.49. The highest BCUT2D eigenvalue weighted by Crippen LogP contribution is 2.21. The van der Waals surface area contributed by atoms with Gasteiger partial charge < -0.3 is 9.64 Å². The van der Waals surface area contributed by atoms with Gasteiger partial charge in [-0.25, -0.2) is 4.63 Å². The molecule has 1 atom stereocenters. The van der Waals surface area contributed by atoms with Crippen molar-refractivity contribution in [3.8, 4) is 0 Å². The number of rotatable bonds is 3.